The highest BCUT2D eigenvalue weighted by atomic mass is 32.2. The van der Waals surface area contributed by atoms with Crippen molar-refractivity contribution < 1.29 is 9.90 Å². The summed E-state index contributed by atoms with van der Waals surface area (Å²) in [6.07, 6.45) is 1.65. The second-order valence-electron chi connectivity index (χ2n) is 7.56. The van der Waals surface area contributed by atoms with Crippen LogP contribution in [0.25, 0.3) is 10.2 Å². The van der Waals surface area contributed by atoms with Crippen molar-refractivity contribution in [3.8, 4) is 5.75 Å². The third kappa shape index (κ3) is 5.18. The average Bonchev–Trinajstić information content (AvgIpc) is 3.16. The molecule has 0 aliphatic carbocycles. The number of hydrogen-bond acceptors (Lipinski definition) is 6. The Morgan fingerprint density at radius 1 is 1.12 bits per heavy atom. The summed E-state index contributed by atoms with van der Waals surface area (Å²) in [6.45, 7) is 6.07. The molecule has 162 valence electrons. The van der Waals surface area contributed by atoms with Gasteiger partial charge in [0, 0.05) is 17.5 Å². The number of aromatic nitrogens is 1. The van der Waals surface area contributed by atoms with Crippen LogP contribution in [0.15, 0.2) is 63.9 Å². The number of aliphatic imine (C=N–C) groups is 1. The van der Waals surface area contributed by atoms with Gasteiger partial charge in [0.25, 0.3) is 0 Å². The molecule has 0 fully saturated rings. The fourth-order valence-electron chi connectivity index (χ4n) is 3.45. The minimum atomic E-state index is -0.0442. The molecule has 0 aliphatic heterocycles. The van der Waals surface area contributed by atoms with Gasteiger partial charge < -0.3 is 10.4 Å². The van der Waals surface area contributed by atoms with Crippen molar-refractivity contribution in [3.63, 3.8) is 0 Å². The summed E-state index contributed by atoms with van der Waals surface area (Å²) in [6, 6.07) is 17.0. The number of rotatable bonds is 6. The lowest BCUT2D eigenvalue weighted by Gasteiger charge is -2.12. The lowest BCUT2D eigenvalue weighted by Crippen LogP contribution is -2.15. The number of fused-ring (bicyclic) bond motifs is 1. The predicted octanol–water partition coefficient (Wildman–Crippen LogP) is 6.41. The molecule has 4 rings (SSSR count). The SMILES string of the molecule is Cc1cc(C)c(NC(=O)CSc2nc3ccc(N=Cc4ccccc4O)cc3s2)c(C)c1. The van der Waals surface area contributed by atoms with Crippen molar-refractivity contribution in [2.45, 2.75) is 25.1 Å². The summed E-state index contributed by atoms with van der Waals surface area (Å²) in [5, 5.41) is 12.9. The van der Waals surface area contributed by atoms with E-state index < -0.39 is 0 Å². The average molecular weight is 462 g/mol. The van der Waals surface area contributed by atoms with Crippen molar-refractivity contribution in [1.82, 2.24) is 4.98 Å². The number of aryl methyl sites for hydroxylation is 3. The van der Waals surface area contributed by atoms with Gasteiger partial charge in [0.15, 0.2) is 4.34 Å². The van der Waals surface area contributed by atoms with E-state index in [1.807, 2.05) is 44.2 Å². The van der Waals surface area contributed by atoms with Crippen LogP contribution in [0.5, 0.6) is 5.75 Å². The number of hydrogen-bond donors (Lipinski definition) is 2. The number of phenolic OH excluding ortho intramolecular Hbond substituents is 1. The first-order chi connectivity index (χ1) is 15.4. The third-order valence-electron chi connectivity index (χ3n) is 4.91. The van der Waals surface area contributed by atoms with E-state index in [-0.39, 0.29) is 11.7 Å². The van der Waals surface area contributed by atoms with Crippen LogP contribution in [0.3, 0.4) is 0 Å². The number of thiazole rings is 1. The van der Waals surface area contributed by atoms with E-state index in [1.54, 1.807) is 29.7 Å². The largest absolute Gasteiger partial charge is 0.507 e. The number of benzene rings is 3. The first-order valence-corrected chi connectivity index (χ1v) is 11.9. The molecule has 0 saturated heterocycles. The zero-order valence-corrected chi connectivity index (χ0v) is 19.7. The minimum absolute atomic E-state index is 0.0442. The Balaban J connectivity index is 1.42. The molecule has 5 nitrogen and oxygen atoms in total. The van der Waals surface area contributed by atoms with Gasteiger partial charge in [0.2, 0.25) is 5.91 Å². The minimum Gasteiger partial charge on any atom is -0.507 e. The molecule has 0 radical (unpaired) electrons. The Morgan fingerprint density at radius 2 is 1.88 bits per heavy atom. The van der Waals surface area contributed by atoms with Gasteiger partial charge in [-0.15, -0.1) is 11.3 Å². The third-order valence-corrected chi connectivity index (χ3v) is 7.07. The normalized spacial score (nSPS) is 11.3. The molecule has 0 spiro atoms. The van der Waals surface area contributed by atoms with E-state index in [9.17, 15) is 9.90 Å². The smallest absolute Gasteiger partial charge is 0.234 e. The van der Waals surface area contributed by atoms with E-state index in [0.717, 1.165) is 37.1 Å². The quantitative estimate of drug-likeness (QED) is 0.257. The van der Waals surface area contributed by atoms with E-state index in [2.05, 4.69) is 34.3 Å². The van der Waals surface area contributed by atoms with Gasteiger partial charge in [0.1, 0.15) is 5.75 Å². The number of carbonyl (C=O) groups is 1. The van der Waals surface area contributed by atoms with Crippen molar-refractivity contribution in [1.29, 1.82) is 0 Å². The number of aromatic hydroxyl groups is 1. The summed E-state index contributed by atoms with van der Waals surface area (Å²) in [7, 11) is 0. The summed E-state index contributed by atoms with van der Waals surface area (Å²) >= 11 is 2.97. The number of nitrogens with one attached hydrogen (secondary N) is 1. The Kier molecular flexibility index (Phi) is 6.58. The molecular formula is C25H23N3O2S2. The van der Waals surface area contributed by atoms with Crippen LogP contribution in [-0.4, -0.2) is 28.0 Å². The van der Waals surface area contributed by atoms with Crippen LogP contribution in [0, 0.1) is 20.8 Å². The second kappa shape index (κ2) is 9.54. The summed E-state index contributed by atoms with van der Waals surface area (Å²) in [5.74, 6) is 0.450. The predicted molar refractivity (Wildman–Crippen MR) is 135 cm³/mol. The summed E-state index contributed by atoms with van der Waals surface area (Å²) < 4.78 is 1.85. The van der Waals surface area contributed by atoms with E-state index in [0.29, 0.717) is 11.3 Å². The van der Waals surface area contributed by atoms with Crippen molar-refractivity contribution >= 4 is 56.8 Å². The Labute approximate surface area is 195 Å². The number of para-hydroxylation sites is 1. The van der Waals surface area contributed by atoms with Gasteiger partial charge in [-0.2, -0.15) is 0 Å². The van der Waals surface area contributed by atoms with Gasteiger partial charge in [-0.3, -0.25) is 9.79 Å². The first-order valence-electron chi connectivity index (χ1n) is 10.1. The van der Waals surface area contributed by atoms with Gasteiger partial charge in [-0.1, -0.05) is 41.6 Å². The highest BCUT2D eigenvalue weighted by Gasteiger charge is 2.11. The zero-order valence-electron chi connectivity index (χ0n) is 18.0. The molecule has 7 heteroatoms. The van der Waals surface area contributed by atoms with Crippen LogP contribution in [0.2, 0.25) is 0 Å². The van der Waals surface area contributed by atoms with Crippen molar-refractivity contribution in [3.05, 3.63) is 76.9 Å². The van der Waals surface area contributed by atoms with Crippen LogP contribution in [0.1, 0.15) is 22.3 Å². The molecule has 1 heterocycles. The van der Waals surface area contributed by atoms with Gasteiger partial charge in [0.05, 0.1) is 21.7 Å². The van der Waals surface area contributed by atoms with Gasteiger partial charge >= 0.3 is 0 Å². The molecule has 2 N–H and O–H groups in total. The lowest BCUT2D eigenvalue weighted by molar-refractivity contribution is -0.113. The summed E-state index contributed by atoms with van der Waals surface area (Å²) in [5.41, 5.74) is 6.53. The lowest BCUT2D eigenvalue weighted by atomic mass is 10.1. The number of thioether (sulfide) groups is 1. The zero-order chi connectivity index (χ0) is 22.7. The van der Waals surface area contributed by atoms with Crippen LogP contribution in [-0.2, 0) is 4.79 Å². The fraction of sp³-hybridized carbons (Fsp3) is 0.160. The maximum atomic E-state index is 12.5. The Bertz CT molecular complexity index is 1310. The number of phenols is 1. The number of nitrogens with zero attached hydrogens (tertiary/aromatic N) is 2. The molecule has 0 aliphatic rings. The van der Waals surface area contributed by atoms with E-state index in [4.69, 9.17) is 0 Å². The van der Waals surface area contributed by atoms with Crippen LogP contribution in [0.4, 0.5) is 11.4 Å². The molecule has 0 bridgehead atoms. The maximum absolute atomic E-state index is 12.5. The summed E-state index contributed by atoms with van der Waals surface area (Å²) in [4.78, 5) is 21.6. The highest BCUT2D eigenvalue weighted by Crippen LogP contribution is 2.32. The maximum Gasteiger partial charge on any atom is 0.234 e. The topological polar surface area (TPSA) is 74.6 Å². The number of amides is 1. The van der Waals surface area contributed by atoms with Gasteiger partial charge in [-0.05, 0) is 62.2 Å². The molecule has 0 saturated carbocycles. The van der Waals surface area contributed by atoms with E-state index >= 15 is 0 Å². The number of anilines is 1. The van der Waals surface area contributed by atoms with Crippen LogP contribution < -0.4 is 5.32 Å². The van der Waals surface area contributed by atoms with Crippen LogP contribution >= 0.6 is 23.1 Å². The molecule has 4 aromatic rings. The Hall–Kier alpha value is -3.16. The monoisotopic (exact) mass is 461 g/mol. The van der Waals surface area contributed by atoms with Gasteiger partial charge in [-0.25, -0.2) is 4.98 Å². The molecule has 0 atom stereocenters. The second-order valence-corrected chi connectivity index (χ2v) is 9.81. The Morgan fingerprint density at radius 3 is 2.62 bits per heavy atom. The molecule has 0 unspecified atom stereocenters. The highest BCUT2D eigenvalue weighted by molar-refractivity contribution is 8.01. The number of carbonyl (C=O) groups excluding carboxylic acids is 1. The van der Waals surface area contributed by atoms with Crippen molar-refractivity contribution in [2.75, 3.05) is 11.1 Å². The molecule has 32 heavy (non-hydrogen) atoms. The fourth-order valence-corrected chi connectivity index (χ4v) is 5.36. The van der Waals surface area contributed by atoms with E-state index in [1.165, 1.54) is 17.3 Å². The molecule has 1 amide bonds. The standard InChI is InChI=1S/C25H23N3O2S2/c1-15-10-16(2)24(17(3)11-15)28-23(30)14-31-25-27-20-9-8-19(12-22(20)32-25)26-13-18-6-4-5-7-21(18)29/h4-13,29H,14H2,1-3H3,(H,28,30). The first kappa shape index (κ1) is 22.0. The van der Waals surface area contributed by atoms with Crippen molar-refractivity contribution in [2.24, 2.45) is 4.99 Å². The molecular weight excluding hydrogens is 438 g/mol. The molecule has 1 aromatic heterocycles. The molecule has 3 aromatic carbocycles.